The van der Waals surface area contributed by atoms with Crippen molar-refractivity contribution in [2.24, 2.45) is 0 Å². The average molecular weight is 405 g/mol. The average Bonchev–Trinajstić information content (AvgIpc) is 3.11. The third-order valence-electron chi connectivity index (χ3n) is 3.83. The Hall–Kier alpha value is -3.01. The van der Waals surface area contributed by atoms with Crippen LogP contribution in [-0.2, 0) is 11.3 Å². The number of aromatic nitrogens is 4. The first kappa shape index (κ1) is 19.7. The molecule has 0 saturated carbocycles. The van der Waals surface area contributed by atoms with Crippen molar-refractivity contribution in [3.8, 4) is 5.75 Å². The van der Waals surface area contributed by atoms with Crippen molar-refractivity contribution in [3.05, 3.63) is 59.7 Å². The zero-order chi connectivity index (χ0) is 20.1. The highest BCUT2D eigenvalue weighted by Gasteiger charge is 2.20. The number of thioether (sulfide) groups is 1. The fourth-order valence-corrected chi connectivity index (χ4v) is 3.11. The van der Waals surface area contributed by atoms with Crippen LogP contribution in [0, 0.1) is 11.6 Å². The van der Waals surface area contributed by atoms with Gasteiger partial charge >= 0.3 is 0 Å². The molecule has 28 heavy (non-hydrogen) atoms. The molecule has 0 aliphatic carbocycles. The first-order valence-electron chi connectivity index (χ1n) is 8.28. The fourth-order valence-electron chi connectivity index (χ4n) is 2.32. The normalized spacial score (nSPS) is 11.9. The van der Waals surface area contributed by atoms with Crippen LogP contribution in [0.4, 0.5) is 14.5 Å². The maximum Gasteiger partial charge on any atom is 0.237 e. The quantitative estimate of drug-likeness (QED) is 0.608. The minimum absolute atomic E-state index is 0.213. The van der Waals surface area contributed by atoms with E-state index >= 15 is 0 Å². The summed E-state index contributed by atoms with van der Waals surface area (Å²) in [5.41, 5.74) is 0.740. The van der Waals surface area contributed by atoms with Crippen LogP contribution < -0.4 is 10.1 Å². The van der Waals surface area contributed by atoms with Crippen molar-refractivity contribution >= 4 is 23.4 Å². The van der Waals surface area contributed by atoms with E-state index < -0.39 is 22.8 Å². The van der Waals surface area contributed by atoms with Crippen LogP contribution in [0.25, 0.3) is 0 Å². The van der Waals surface area contributed by atoms with Crippen LogP contribution in [0.1, 0.15) is 12.5 Å². The van der Waals surface area contributed by atoms with E-state index in [-0.39, 0.29) is 5.69 Å². The second kappa shape index (κ2) is 8.79. The summed E-state index contributed by atoms with van der Waals surface area (Å²) in [5.74, 6) is -1.10. The molecule has 7 nitrogen and oxygen atoms in total. The van der Waals surface area contributed by atoms with E-state index in [0.717, 1.165) is 41.3 Å². The molecule has 10 heteroatoms. The molecule has 0 aliphatic rings. The standard InChI is InChI=1S/C18H17F2N5O2S/c1-11(17(26)21-16-9-13(19)5-8-15(16)20)28-18-22-23-24-25(18)10-12-3-6-14(27-2)7-4-12/h3-9,11H,10H2,1-2H3,(H,21,26). The summed E-state index contributed by atoms with van der Waals surface area (Å²) in [6.07, 6.45) is 0. The maximum absolute atomic E-state index is 13.7. The van der Waals surface area contributed by atoms with Gasteiger partial charge in [-0.1, -0.05) is 23.9 Å². The Morgan fingerprint density at radius 2 is 2.00 bits per heavy atom. The minimum Gasteiger partial charge on any atom is -0.497 e. The smallest absolute Gasteiger partial charge is 0.237 e. The van der Waals surface area contributed by atoms with E-state index in [2.05, 4.69) is 20.8 Å². The predicted molar refractivity (Wildman–Crippen MR) is 100 cm³/mol. The van der Waals surface area contributed by atoms with Crippen molar-refractivity contribution in [1.82, 2.24) is 20.2 Å². The molecule has 3 aromatic rings. The first-order chi connectivity index (χ1) is 13.5. The number of tetrazole rings is 1. The van der Waals surface area contributed by atoms with Gasteiger partial charge in [-0.05, 0) is 47.2 Å². The molecule has 1 amide bonds. The van der Waals surface area contributed by atoms with Crippen LogP contribution in [0.3, 0.4) is 0 Å². The SMILES string of the molecule is COc1ccc(Cn2nnnc2SC(C)C(=O)Nc2cc(F)ccc2F)cc1. The van der Waals surface area contributed by atoms with E-state index in [1.54, 1.807) is 18.7 Å². The number of anilines is 1. The Morgan fingerprint density at radius 3 is 2.71 bits per heavy atom. The van der Waals surface area contributed by atoms with Crippen molar-refractivity contribution < 1.29 is 18.3 Å². The summed E-state index contributed by atoms with van der Waals surface area (Å²) in [4.78, 5) is 12.3. The number of amides is 1. The lowest BCUT2D eigenvalue weighted by Gasteiger charge is -2.12. The summed E-state index contributed by atoms with van der Waals surface area (Å²) in [7, 11) is 1.59. The van der Waals surface area contributed by atoms with Gasteiger partial charge in [-0.3, -0.25) is 4.79 Å². The highest BCUT2D eigenvalue weighted by Crippen LogP contribution is 2.23. The molecule has 0 radical (unpaired) electrons. The van der Waals surface area contributed by atoms with E-state index in [0.29, 0.717) is 11.7 Å². The Morgan fingerprint density at radius 1 is 1.25 bits per heavy atom. The first-order valence-corrected chi connectivity index (χ1v) is 9.16. The number of hydrogen-bond donors (Lipinski definition) is 1. The van der Waals surface area contributed by atoms with Gasteiger partial charge in [0.25, 0.3) is 0 Å². The number of carbonyl (C=O) groups is 1. The zero-order valence-electron chi connectivity index (χ0n) is 15.1. The molecule has 146 valence electrons. The predicted octanol–water partition coefficient (Wildman–Crippen LogP) is 3.13. The molecular formula is C18H17F2N5O2S. The summed E-state index contributed by atoms with van der Waals surface area (Å²) in [6, 6.07) is 10.3. The van der Waals surface area contributed by atoms with E-state index in [4.69, 9.17) is 4.74 Å². The van der Waals surface area contributed by atoms with Crippen LogP contribution in [0.5, 0.6) is 5.75 Å². The molecule has 0 bridgehead atoms. The second-order valence-corrected chi connectivity index (χ2v) is 7.15. The lowest BCUT2D eigenvalue weighted by Crippen LogP contribution is -2.23. The molecule has 1 atom stereocenters. The largest absolute Gasteiger partial charge is 0.497 e. The molecule has 0 fully saturated rings. The van der Waals surface area contributed by atoms with Crippen LogP contribution in [0.15, 0.2) is 47.6 Å². The van der Waals surface area contributed by atoms with Gasteiger partial charge in [0.15, 0.2) is 0 Å². The van der Waals surface area contributed by atoms with Gasteiger partial charge in [0.1, 0.15) is 17.4 Å². The van der Waals surface area contributed by atoms with Gasteiger partial charge in [0.05, 0.1) is 24.6 Å². The van der Waals surface area contributed by atoms with Crippen molar-refractivity contribution in [3.63, 3.8) is 0 Å². The molecule has 0 spiro atoms. The Labute approximate surface area is 164 Å². The number of nitrogens with zero attached hydrogens (tertiary/aromatic N) is 4. The molecular weight excluding hydrogens is 388 g/mol. The molecule has 1 aromatic heterocycles. The number of rotatable bonds is 7. The Balaban J connectivity index is 1.65. The summed E-state index contributed by atoms with van der Waals surface area (Å²) in [6.45, 7) is 2.04. The van der Waals surface area contributed by atoms with E-state index in [9.17, 15) is 13.6 Å². The van der Waals surface area contributed by atoms with Crippen LogP contribution in [-0.4, -0.2) is 38.5 Å². The molecule has 1 heterocycles. The third kappa shape index (κ3) is 4.83. The van der Waals surface area contributed by atoms with Crippen molar-refractivity contribution in [2.75, 3.05) is 12.4 Å². The molecule has 0 aliphatic heterocycles. The minimum atomic E-state index is -0.712. The second-order valence-electron chi connectivity index (χ2n) is 5.84. The summed E-state index contributed by atoms with van der Waals surface area (Å²) >= 11 is 1.12. The number of ether oxygens (including phenoxy) is 1. The monoisotopic (exact) mass is 405 g/mol. The van der Waals surface area contributed by atoms with Crippen LogP contribution in [0.2, 0.25) is 0 Å². The highest BCUT2D eigenvalue weighted by atomic mass is 32.2. The molecule has 2 aromatic carbocycles. The Kier molecular flexibility index (Phi) is 6.19. The van der Waals surface area contributed by atoms with Gasteiger partial charge in [-0.2, -0.15) is 0 Å². The van der Waals surface area contributed by atoms with Gasteiger partial charge in [0, 0.05) is 6.07 Å². The van der Waals surface area contributed by atoms with Crippen molar-refractivity contribution in [1.29, 1.82) is 0 Å². The number of halogens is 2. The number of methoxy groups -OCH3 is 1. The van der Waals surface area contributed by atoms with E-state index in [1.807, 2.05) is 24.3 Å². The van der Waals surface area contributed by atoms with E-state index in [1.165, 1.54) is 0 Å². The van der Waals surface area contributed by atoms with Crippen molar-refractivity contribution in [2.45, 2.75) is 23.9 Å². The molecule has 1 unspecified atom stereocenters. The Bertz CT molecular complexity index is 965. The zero-order valence-corrected chi connectivity index (χ0v) is 15.9. The summed E-state index contributed by atoms with van der Waals surface area (Å²) in [5, 5.41) is 13.7. The number of nitrogens with one attached hydrogen (secondary N) is 1. The molecule has 3 rings (SSSR count). The topological polar surface area (TPSA) is 81.9 Å². The van der Waals surface area contributed by atoms with Gasteiger partial charge < -0.3 is 10.1 Å². The lowest BCUT2D eigenvalue weighted by molar-refractivity contribution is -0.115. The third-order valence-corrected chi connectivity index (χ3v) is 4.90. The molecule has 1 N–H and O–H groups in total. The number of benzene rings is 2. The lowest BCUT2D eigenvalue weighted by atomic mass is 10.2. The van der Waals surface area contributed by atoms with Gasteiger partial charge in [-0.15, -0.1) is 5.10 Å². The highest BCUT2D eigenvalue weighted by molar-refractivity contribution is 8.00. The van der Waals surface area contributed by atoms with Crippen LogP contribution >= 0.6 is 11.8 Å². The fraction of sp³-hybridized carbons (Fsp3) is 0.222. The maximum atomic E-state index is 13.7. The van der Waals surface area contributed by atoms with Gasteiger partial charge in [0.2, 0.25) is 11.1 Å². The number of hydrogen-bond acceptors (Lipinski definition) is 6. The number of carbonyl (C=O) groups excluding carboxylic acids is 1. The molecule has 0 saturated heterocycles. The van der Waals surface area contributed by atoms with Gasteiger partial charge in [-0.25, -0.2) is 13.5 Å². The summed E-state index contributed by atoms with van der Waals surface area (Å²) < 4.78 is 33.6.